The van der Waals surface area contributed by atoms with E-state index in [-0.39, 0.29) is 19.1 Å². The van der Waals surface area contributed by atoms with Crippen molar-refractivity contribution in [1.82, 2.24) is 0 Å². The summed E-state index contributed by atoms with van der Waals surface area (Å²) in [4.78, 5) is 25.8. The summed E-state index contributed by atoms with van der Waals surface area (Å²) in [6, 6.07) is 12.5. The number of hydrogen-bond acceptors (Lipinski definition) is 4. The van der Waals surface area contributed by atoms with Crippen LogP contribution >= 0.6 is 11.6 Å². The average molecular weight is 374 g/mol. The second-order valence-corrected chi connectivity index (χ2v) is 6.52. The van der Waals surface area contributed by atoms with E-state index in [0.717, 1.165) is 17.7 Å². The van der Waals surface area contributed by atoms with Crippen LogP contribution in [0.4, 0.5) is 5.69 Å². The van der Waals surface area contributed by atoms with Crippen LogP contribution in [-0.2, 0) is 9.53 Å². The van der Waals surface area contributed by atoms with E-state index in [1.165, 1.54) is 0 Å². The molecule has 0 saturated carbocycles. The Labute approximate surface area is 157 Å². The molecular formula is C20H20ClNO4. The highest BCUT2D eigenvalue weighted by atomic mass is 35.5. The zero-order valence-corrected chi connectivity index (χ0v) is 15.3. The monoisotopic (exact) mass is 373 g/mol. The molecule has 0 unspecified atom stereocenters. The van der Waals surface area contributed by atoms with Crippen molar-refractivity contribution in [3.8, 4) is 5.75 Å². The first kappa shape index (κ1) is 18.3. The van der Waals surface area contributed by atoms with Crippen LogP contribution in [0, 0.1) is 6.92 Å². The molecule has 1 heterocycles. The van der Waals surface area contributed by atoms with Crippen LogP contribution in [0.3, 0.4) is 0 Å². The van der Waals surface area contributed by atoms with Gasteiger partial charge in [-0.05, 0) is 43.7 Å². The van der Waals surface area contributed by atoms with E-state index in [1.807, 2.05) is 31.2 Å². The molecule has 0 aliphatic carbocycles. The maximum Gasteiger partial charge on any atom is 0.338 e. The van der Waals surface area contributed by atoms with Gasteiger partial charge in [0, 0.05) is 13.0 Å². The number of carbonyl (C=O) groups is 2. The lowest BCUT2D eigenvalue weighted by Gasteiger charge is -2.18. The van der Waals surface area contributed by atoms with Crippen LogP contribution in [0.1, 0.15) is 28.8 Å². The minimum Gasteiger partial charge on any atom is -0.490 e. The van der Waals surface area contributed by atoms with Gasteiger partial charge in [0.05, 0.1) is 16.3 Å². The minimum absolute atomic E-state index is 0.0175. The van der Waals surface area contributed by atoms with Crippen molar-refractivity contribution in [3.05, 3.63) is 58.6 Å². The summed E-state index contributed by atoms with van der Waals surface area (Å²) in [5.74, 6) is 0.277. The smallest absolute Gasteiger partial charge is 0.338 e. The van der Waals surface area contributed by atoms with Crippen LogP contribution in [-0.4, -0.2) is 31.6 Å². The Balaban J connectivity index is 1.56. The fraction of sp³-hybridized carbons (Fsp3) is 0.300. The van der Waals surface area contributed by atoms with Crippen LogP contribution in [0.15, 0.2) is 42.5 Å². The third kappa shape index (κ3) is 4.35. The van der Waals surface area contributed by atoms with Gasteiger partial charge in [0.25, 0.3) is 0 Å². The number of hydrogen-bond donors (Lipinski definition) is 0. The molecule has 0 atom stereocenters. The molecule has 2 aromatic rings. The van der Waals surface area contributed by atoms with Crippen molar-refractivity contribution in [2.24, 2.45) is 0 Å². The van der Waals surface area contributed by atoms with Crippen LogP contribution in [0.25, 0.3) is 0 Å². The summed E-state index contributed by atoms with van der Waals surface area (Å²) in [5.41, 5.74) is 2.07. The van der Waals surface area contributed by atoms with E-state index in [1.54, 1.807) is 23.1 Å². The minimum atomic E-state index is -0.470. The number of carbonyl (C=O) groups excluding carboxylic acids is 2. The van der Waals surface area contributed by atoms with E-state index in [0.29, 0.717) is 29.2 Å². The van der Waals surface area contributed by atoms with Gasteiger partial charge in [-0.2, -0.15) is 0 Å². The van der Waals surface area contributed by atoms with Gasteiger partial charge in [0.1, 0.15) is 19.0 Å². The van der Waals surface area contributed by atoms with Gasteiger partial charge in [-0.25, -0.2) is 4.79 Å². The molecular weight excluding hydrogens is 354 g/mol. The molecule has 136 valence electrons. The number of aryl methyl sites for hydroxylation is 1. The molecule has 6 heteroatoms. The fourth-order valence-corrected chi connectivity index (χ4v) is 2.98. The Bertz CT molecular complexity index is 804. The molecule has 0 spiro atoms. The first-order valence-corrected chi connectivity index (χ1v) is 8.89. The largest absolute Gasteiger partial charge is 0.490 e. The lowest BCUT2D eigenvalue weighted by atomic mass is 10.2. The molecule has 0 aromatic heterocycles. The summed E-state index contributed by atoms with van der Waals surface area (Å²) in [5, 5.41) is 0.444. The quantitative estimate of drug-likeness (QED) is 0.567. The number of esters is 1. The molecule has 0 radical (unpaired) electrons. The molecule has 1 aliphatic heterocycles. The number of ether oxygens (including phenoxy) is 2. The number of anilines is 1. The highest BCUT2D eigenvalue weighted by Crippen LogP contribution is 2.30. The van der Waals surface area contributed by atoms with E-state index < -0.39 is 5.97 Å². The standard InChI is InChI=1S/C20H20ClNO4/c1-14-4-7-16(8-5-14)25-11-12-26-20(24)15-6-9-17(21)18(13-15)22-10-2-3-19(22)23/h4-9,13H,2-3,10-12H2,1H3. The summed E-state index contributed by atoms with van der Waals surface area (Å²) < 4.78 is 10.8. The van der Waals surface area contributed by atoms with Gasteiger partial charge in [-0.3, -0.25) is 4.79 Å². The number of amides is 1. The van der Waals surface area contributed by atoms with Crippen molar-refractivity contribution in [2.75, 3.05) is 24.7 Å². The SMILES string of the molecule is Cc1ccc(OCCOC(=O)c2ccc(Cl)c(N3CCCC3=O)c2)cc1. The average Bonchev–Trinajstić information content (AvgIpc) is 3.06. The Hall–Kier alpha value is -2.53. The van der Waals surface area contributed by atoms with Gasteiger partial charge in [-0.15, -0.1) is 0 Å². The number of halogens is 1. The van der Waals surface area contributed by atoms with Gasteiger partial charge in [-0.1, -0.05) is 29.3 Å². The summed E-state index contributed by atoms with van der Waals surface area (Å²) in [7, 11) is 0. The molecule has 0 bridgehead atoms. The molecule has 1 amide bonds. The summed E-state index contributed by atoms with van der Waals surface area (Å²) in [6.45, 7) is 3.01. The number of rotatable bonds is 6. The molecule has 5 nitrogen and oxygen atoms in total. The van der Waals surface area contributed by atoms with Gasteiger partial charge >= 0.3 is 5.97 Å². The van der Waals surface area contributed by atoms with Crippen LogP contribution in [0.2, 0.25) is 5.02 Å². The lowest BCUT2D eigenvalue weighted by Crippen LogP contribution is -2.24. The first-order chi connectivity index (χ1) is 12.5. The molecule has 2 aromatic carbocycles. The molecule has 0 N–H and O–H groups in total. The third-order valence-corrected chi connectivity index (χ3v) is 4.47. The third-order valence-electron chi connectivity index (χ3n) is 4.15. The van der Waals surface area contributed by atoms with Crippen molar-refractivity contribution in [3.63, 3.8) is 0 Å². The van der Waals surface area contributed by atoms with Crippen LogP contribution < -0.4 is 9.64 Å². The van der Waals surface area contributed by atoms with E-state index in [2.05, 4.69) is 0 Å². The topological polar surface area (TPSA) is 55.8 Å². The lowest BCUT2D eigenvalue weighted by molar-refractivity contribution is -0.117. The fourth-order valence-electron chi connectivity index (χ4n) is 2.76. The van der Waals surface area contributed by atoms with Gasteiger partial charge < -0.3 is 14.4 Å². The van der Waals surface area contributed by atoms with E-state index >= 15 is 0 Å². The molecule has 1 fully saturated rings. The highest BCUT2D eigenvalue weighted by molar-refractivity contribution is 6.34. The Kier molecular flexibility index (Phi) is 5.78. The zero-order valence-electron chi connectivity index (χ0n) is 14.5. The molecule has 3 rings (SSSR count). The second kappa shape index (κ2) is 8.23. The van der Waals surface area contributed by atoms with E-state index in [4.69, 9.17) is 21.1 Å². The Morgan fingerprint density at radius 1 is 1.15 bits per heavy atom. The molecule has 1 saturated heterocycles. The predicted molar refractivity (Wildman–Crippen MR) is 100.0 cm³/mol. The molecule has 1 aliphatic rings. The normalized spacial score (nSPS) is 13.8. The van der Waals surface area contributed by atoms with Gasteiger partial charge in [0.2, 0.25) is 5.91 Å². The maximum atomic E-state index is 12.2. The first-order valence-electron chi connectivity index (χ1n) is 8.51. The summed E-state index contributed by atoms with van der Waals surface area (Å²) in [6.07, 6.45) is 1.29. The van der Waals surface area contributed by atoms with Crippen molar-refractivity contribution in [1.29, 1.82) is 0 Å². The van der Waals surface area contributed by atoms with Crippen LogP contribution in [0.5, 0.6) is 5.75 Å². The predicted octanol–water partition coefficient (Wildman–Crippen LogP) is 4.01. The zero-order chi connectivity index (χ0) is 18.5. The Morgan fingerprint density at radius 3 is 2.62 bits per heavy atom. The maximum absolute atomic E-state index is 12.2. The van der Waals surface area contributed by atoms with E-state index in [9.17, 15) is 9.59 Å². The van der Waals surface area contributed by atoms with Crippen molar-refractivity contribution in [2.45, 2.75) is 19.8 Å². The number of nitrogens with zero attached hydrogens (tertiary/aromatic N) is 1. The van der Waals surface area contributed by atoms with Gasteiger partial charge in [0.15, 0.2) is 0 Å². The second-order valence-electron chi connectivity index (χ2n) is 6.11. The molecule has 26 heavy (non-hydrogen) atoms. The van der Waals surface area contributed by atoms with Crippen molar-refractivity contribution >= 4 is 29.2 Å². The Morgan fingerprint density at radius 2 is 1.92 bits per heavy atom. The van der Waals surface area contributed by atoms with Crippen molar-refractivity contribution < 1.29 is 19.1 Å². The summed E-state index contributed by atoms with van der Waals surface area (Å²) >= 11 is 6.19. The number of benzene rings is 2. The highest BCUT2D eigenvalue weighted by Gasteiger charge is 2.24.